The van der Waals surface area contributed by atoms with Gasteiger partial charge in [0, 0.05) is 6.04 Å². The van der Waals surface area contributed by atoms with Crippen molar-refractivity contribution >= 4 is 6.03 Å². The molecule has 0 fully saturated rings. The number of nitrogens with two attached hydrogens (primary N) is 1. The van der Waals surface area contributed by atoms with Crippen LogP contribution in [0.1, 0.15) is 19.4 Å². The van der Waals surface area contributed by atoms with E-state index in [9.17, 15) is 4.79 Å². The molecule has 0 unspecified atom stereocenters. The van der Waals surface area contributed by atoms with E-state index in [0.29, 0.717) is 6.54 Å². The summed E-state index contributed by atoms with van der Waals surface area (Å²) < 4.78 is 0. The summed E-state index contributed by atoms with van der Waals surface area (Å²) >= 11 is 0. The van der Waals surface area contributed by atoms with Gasteiger partial charge in [-0.1, -0.05) is 30.3 Å². The van der Waals surface area contributed by atoms with Gasteiger partial charge in [-0.15, -0.1) is 7.05 Å². The van der Waals surface area contributed by atoms with Crippen LogP contribution < -0.4 is 5.32 Å². The van der Waals surface area contributed by atoms with Crippen molar-refractivity contribution in [1.29, 1.82) is 0 Å². The molecule has 1 aromatic carbocycles. The number of urea groups is 1. The normalized spacial score (nSPS) is 10.4. The molecule has 1 aromatic rings. The van der Waals surface area contributed by atoms with Crippen LogP contribution in [0, 0.1) is 7.05 Å². The van der Waals surface area contributed by atoms with Crippen molar-refractivity contribution in [3.8, 4) is 0 Å². The fourth-order valence-electron chi connectivity index (χ4n) is 1.41. The first-order chi connectivity index (χ1) is 7.15. The van der Waals surface area contributed by atoms with Crippen LogP contribution in [0.3, 0.4) is 0 Å². The van der Waals surface area contributed by atoms with E-state index in [1.165, 1.54) is 5.32 Å². The van der Waals surface area contributed by atoms with E-state index in [-0.39, 0.29) is 12.1 Å². The first-order valence-electron chi connectivity index (χ1n) is 5.12. The lowest BCUT2D eigenvalue weighted by Crippen LogP contribution is -2.85. The van der Waals surface area contributed by atoms with Crippen molar-refractivity contribution in [2.45, 2.75) is 26.4 Å². The van der Waals surface area contributed by atoms with Crippen LogP contribution in [0.2, 0.25) is 0 Å². The molecule has 3 nitrogen and oxygen atoms in total. The molecule has 1 rings (SSSR count). The van der Waals surface area contributed by atoms with E-state index in [4.69, 9.17) is 0 Å². The molecule has 0 saturated carbocycles. The number of hydrogen-bond acceptors (Lipinski definition) is 1. The molecule has 0 atom stereocenters. The van der Waals surface area contributed by atoms with Crippen LogP contribution in [0.25, 0.3) is 0 Å². The standard InChI is InChI=1S/C12H18N2O/c1-10(2)14(12(15)13-3)9-11-7-5-4-6-8-11/h4-8,10H,3,9,13H2,1-2H3. The molecular formula is C12H18N2O. The van der Waals surface area contributed by atoms with E-state index in [2.05, 4.69) is 7.05 Å². The minimum atomic E-state index is -0.0196. The van der Waals surface area contributed by atoms with Crippen molar-refractivity contribution in [3.05, 3.63) is 42.9 Å². The molecule has 0 bridgehead atoms. The Hall–Kier alpha value is -1.35. The zero-order chi connectivity index (χ0) is 11.3. The van der Waals surface area contributed by atoms with Crippen molar-refractivity contribution in [2.75, 3.05) is 0 Å². The third kappa shape index (κ3) is 3.36. The highest BCUT2D eigenvalue weighted by molar-refractivity contribution is 5.64. The Balaban J connectivity index is 2.72. The number of primary amides is 1. The number of rotatable bonds is 3. The van der Waals surface area contributed by atoms with Crippen molar-refractivity contribution < 1.29 is 10.1 Å². The molecule has 15 heavy (non-hydrogen) atoms. The van der Waals surface area contributed by atoms with Crippen LogP contribution in [0.5, 0.6) is 0 Å². The fourth-order valence-corrected chi connectivity index (χ4v) is 1.41. The molecule has 0 aliphatic carbocycles. The number of quaternary nitrogens is 1. The monoisotopic (exact) mass is 206 g/mol. The predicted molar refractivity (Wildman–Crippen MR) is 59.8 cm³/mol. The molecule has 0 saturated heterocycles. The summed E-state index contributed by atoms with van der Waals surface area (Å²) in [4.78, 5) is 13.4. The lowest BCUT2D eigenvalue weighted by atomic mass is 10.2. The maximum atomic E-state index is 11.6. The highest BCUT2D eigenvalue weighted by Crippen LogP contribution is 2.06. The van der Waals surface area contributed by atoms with Gasteiger partial charge in [0.1, 0.15) is 0 Å². The topological polar surface area (TPSA) is 36.9 Å². The van der Waals surface area contributed by atoms with Gasteiger partial charge in [-0.3, -0.25) is 4.90 Å². The average Bonchev–Trinajstić information content (AvgIpc) is 2.26. The first kappa shape index (κ1) is 11.7. The fraction of sp³-hybridized carbons (Fsp3) is 0.333. The third-order valence-electron chi connectivity index (χ3n) is 2.28. The second kappa shape index (κ2) is 5.51. The second-order valence-electron chi connectivity index (χ2n) is 3.75. The summed E-state index contributed by atoms with van der Waals surface area (Å²) in [7, 11) is 3.51. The van der Waals surface area contributed by atoms with E-state index in [0.717, 1.165) is 5.56 Å². The quantitative estimate of drug-likeness (QED) is 0.745. The highest BCUT2D eigenvalue weighted by atomic mass is 16.2. The molecular weight excluding hydrogens is 188 g/mol. The van der Waals surface area contributed by atoms with Crippen LogP contribution in [-0.2, 0) is 6.54 Å². The number of carbonyl (C=O) groups is 1. The predicted octanol–water partition coefficient (Wildman–Crippen LogP) is 1.37. The van der Waals surface area contributed by atoms with Crippen molar-refractivity contribution in [3.63, 3.8) is 0 Å². The van der Waals surface area contributed by atoms with Crippen molar-refractivity contribution in [1.82, 2.24) is 4.90 Å². The molecule has 82 valence electrons. The molecule has 0 spiro atoms. The number of carbonyl (C=O) groups excluding carboxylic acids is 1. The van der Waals surface area contributed by atoms with E-state index in [1.807, 2.05) is 44.2 Å². The first-order valence-corrected chi connectivity index (χ1v) is 5.12. The zero-order valence-corrected chi connectivity index (χ0v) is 9.31. The largest absolute Gasteiger partial charge is 0.395 e. The van der Waals surface area contributed by atoms with E-state index in [1.54, 1.807) is 4.90 Å². The van der Waals surface area contributed by atoms with Crippen LogP contribution in [-0.4, -0.2) is 17.0 Å². The summed E-state index contributed by atoms with van der Waals surface area (Å²) in [5, 5.41) is 1.36. The lowest BCUT2D eigenvalue weighted by molar-refractivity contribution is -0.499. The van der Waals surface area contributed by atoms with E-state index < -0.39 is 0 Å². The molecule has 3 heteroatoms. The van der Waals surface area contributed by atoms with Gasteiger partial charge in [0.2, 0.25) is 0 Å². The van der Waals surface area contributed by atoms with Crippen molar-refractivity contribution in [2.24, 2.45) is 0 Å². The molecule has 0 aliphatic rings. The Morgan fingerprint density at radius 1 is 1.40 bits per heavy atom. The Labute approximate surface area is 91.1 Å². The van der Waals surface area contributed by atoms with Gasteiger partial charge in [0.05, 0.1) is 6.54 Å². The van der Waals surface area contributed by atoms with Gasteiger partial charge in [-0.05, 0) is 19.4 Å². The maximum absolute atomic E-state index is 11.6. The van der Waals surface area contributed by atoms with E-state index >= 15 is 0 Å². The lowest BCUT2D eigenvalue weighted by Gasteiger charge is -2.24. The zero-order valence-electron chi connectivity index (χ0n) is 9.31. The maximum Gasteiger partial charge on any atom is 0.390 e. The summed E-state index contributed by atoms with van der Waals surface area (Å²) in [5.41, 5.74) is 1.14. The number of hydrogen-bond donors (Lipinski definition) is 1. The smallest absolute Gasteiger partial charge is 0.390 e. The molecule has 2 amide bonds. The summed E-state index contributed by atoms with van der Waals surface area (Å²) in [6.07, 6.45) is 0. The molecule has 0 aliphatic heterocycles. The van der Waals surface area contributed by atoms with Gasteiger partial charge in [0.25, 0.3) is 0 Å². The van der Waals surface area contributed by atoms with Crippen LogP contribution >= 0.6 is 0 Å². The minimum absolute atomic E-state index is 0.0196. The Bertz CT molecular complexity index is 309. The highest BCUT2D eigenvalue weighted by Gasteiger charge is 2.17. The number of nitrogens with zero attached hydrogens (tertiary/aromatic N) is 1. The Kier molecular flexibility index (Phi) is 4.31. The minimum Gasteiger partial charge on any atom is -0.395 e. The van der Waals surface area contributed by atoms with Gasteiger partial charge < -0.3 is 5.32 Å². The summed E-state index contributed by atoms with van der Waals surface area (Å²) in [6.45, 7) is 4.65. The molecule has 2 N–H and O–H groups in total. The van der Waals surface area contributed by atoms with Gasteiger partial charge >= 0.3 is 6.03 Å². The summed E-state index contributed by atoms with van der Waals surface area (Å²) in [5.74, 6) is 0. The molecule has 0 aromatic heterocycles. The van der Waals surface area contributed by atoms with Gasteiger partial charge in [-0.25, -0.2) is 4.79 Å². The van der Waals surface area contributed by atoms with Gasteiger partial charge in [0.15, 0.2) is 0 Å². The summed E-state index contributed by atoms with van der Waals surface area (Å²) in [6, 6.07) is 10.1. The molecule has 0 heterocycles. The van der Waals surface area contributed by atoms with Crippen LogP contribution in [0.15, 0.2) is 30.3 Å². The van der Waals surface area contributed by atoms with Gasteiger partial charge in [-0.2, -0.15) is 0 Å². The number of benzene rings is 1. The third-order valence-corrected chi connectivity index (χ3v) is 2.28. The average molecular weight is 206 g/mol. The SMILES string of the molecule is [CH2-][NH2+]C(=O)N(Cc1ccccc1)C(C)C. The Morgan fingerprint density at radius 3 is 2.47 bits per heavy atom. The van der Waals surface area contributed by atoms with Crippen LogP contribution in [0.4, 0.5) is 4.79 Å². The molecule has 0 radical (unpaired) electrons. The second-order valence-corrected chi connectivity index (χ2v) is 3.75. The number of amides is 2. The Morgan fingerprint density at radius 2 is 2.00 bits per heavy atom.